The average Bonchev–Trinajstić information content (AvgIpc) is 2.57. The van der Waals surface area contributed by atoms with E-state index in [1.165, 1.54) is 17.9 Å². The summed E-state index contributed by atoms with van der Waals surface area (Å²) >= 11 is 0. The molecule has 3 rings (SSSR count). The SMILES string of the molecule is CC(=O)N1CC(C(=O)Nc2ccc(F)c(F)c2)Oc2ccccc21. The largest absolute Gasteiger partial charge is 0.476 e. The zero-order valence-corrected chi connectivity index (χ0v) is 12.8. The number of ether oxygens (including phenoxy) is 1. The molecule has 0 aliphatic carbocycles. The predicted molar refractivity (Wildman–Crippen MR) is 83.9 cm³/mol. The van der Waals surface area contributed by atoms with Crippen molar-refractivity contribution < 1.29 is 23.1 Å². The number of amides is 2. The molecule has 0 bridgehead atoms. The summed E-state index contributed by atoms with van der Waals surface area (Å²) < 4.78 is 31.8. The van der Waals surface area contributed by atoms with Crippen LogP contribution in [-0.2, 0) is 9.59 Å². The topological polar surface area (TPSA) is 58.6 Å². The number of nitrogens with zero attached hydrogens (tertiary/aromatic N) is 1. The third-order valence-corrected chi connectivity index (χ3v) is 3.63. The monoisotopic (exact) mass is 332 g/mol. The first kappa shape index (κ1) is 15.9. The molecule has 0 fully saturated rings. The van der Waals surface area contributed by atoms with Crippen LogP contribution in [0.25, 0.3) is 0 Å². The second-order valence-electron chi connectivity index (χ2n) is 5.32. The second kappa shape index (κ2) is 6.27. The molecule has 5 nitrogen and oxygen atoms in total. The number of carbonyl (C=O) groups excluding carboxylic acids is 2. The summed E-state index contributed by atoms with van der Waals surface area (Å²) in [6, 6.07) is 9.92. The molecule has 1 N–H and O–H groups in total. The quantitative estimate of drug-likeness (QED) is 0.920. The molecule has 2 aromatic carbocycles. The van der Waals surface area contributed by atoms with Crippen LogP contribution >= 0.6 is 0 Å². The van der Waals surface area contributed by atoms with E-state index < -0.39 is 23.6 Å². The van der Waals surface area contributed by atoms with E-state index in [1.807, 2.05) is 0 Å². The maximum atomic E-state index is 13.2. The average molecular weight is 332 g/mol. The van der Waals surface area contributed by atoms with Crippen LogP contribution in [0.2, 0.25) is 0 Å². The Balaban J connectivity index is 1.81. The van der Waals surface area contributed by atoms with Crippen LogP contribution in [0.4, 0.5) is 20.2 Å². The highest BCUT2D eigenvalue weighted by molar-refractivity contribution is 5.99. The van der Waals surface area contributed by atoms with Crippen LogP contribution in [0.15, 0.2) is 42.5 Å². The summed E-state index contributed by atoms with van der Waals surface area (Å²) in [5.74, 6) is -2.44. The Morgan fingerprint density at radius 2 is 1.92 bits per heavy atom. The fourth-order valence-electron chi connectivity index (χ4n) is 2.47. The predicted octanol–water partition coefficient (Wildman–Crippen LogP) is 2.72. The number of halogens is 2. The van der Waals surface area contributed by atoms with Gasteiger partial charge in [-0.15, -0.1) is 0 Å². The van der Waals surface area contributed by atoms with Crippen molar-refractivity contribution in [1.29, 1.82) is 0 Å². The van der Waals surface area contributed by atoms with Crippen molar-refractivity contribution in [3.05, 3.63) is 54.1 Å². The zero-order valence-electron chi connectivity index (χ0n) is 12.8. The summed E-state index contributed by atoms with van der Waals surface area (Å²) in [7, 11) is 0. The van der Waals surface area contributed by atoms with Crippen LogP contribution in [0, 0.1) is 11.6 Å². The Morgan fingerprint density at radius 3 is 2.62 bits per heavy atom. The van der Waals surface area contributed by atoms with Gasteiger partial charge in [0.25, 0.3) is 5.91 Å². The lowest BCUT2D eigenvalue weighted by atomic mass is 10.1. The first-order chi connectivity index (χ1) is 11.5. The Bertz CT molecular complexity index is 810. The van der Waals surface area contributed by atoms with E-state index in [9.17, 15) is 18.4 Å². The highest BCUT2D eigenvalue weighted by Gasteiger charge is 2.32. The van der Waals surface area contributed by atoms with Crippen LogP contribution in [-0.4, -0.2) is 24.5 Å². The van der Waals surface area contributed by atoms with Gasteiger partial charge in [-0.25, -0.2) is 8.78 Å². The summed E-state index contributed by atoms with van der Waals surface area (Å²) in [5, 5.41) is 2.46. The van der Waals surface area contributed by atoms with E-state index in [0.29, 0.717) is 11.4 Å². The smallest absolute Gasteiger partial charge is 0.267 e. The molecule has 1 aliphatic heterocycles. The van der Waals surface area contributed by atoms with Crippen LogP contribution < -0.4 is 15.0 Å². The van der Waals surface area contributed by atoms with Gasteiger partial charge in [0.15, 0.2) is 17.7 Å². The minimum Gasteiger partial charge on any atom is -0.476 e. The molecule has 7 heteroatoms. The molecule has 2 aromatic rings. The van der Waals surface area contributed by atoms with E-state index in [2.05, 4.69) is 5.32 Å². The molecule has 24 heavy (non-hydrogen) atoms. The fourth-order valence-corrected chi connectivity index (χ4v) is 2.47. The minimum absolute atomic E-state index is 0.0296. The number of hydrogen-bond acceptors (Lipinski definition) is 3. The number of para-hydroxylation sites is 2. The summed E-state index contributed by atoms with van der Waals surface area (Å²) in [6.07, 6.45) is -0.961. The maximum absolute atomic E-state index is 13.2. The van der Waals surface area contributed by atoms with Crippen molar-refractivity contribution in [3.63, 3.8) is 0 Å². The normalized spacial score (nSPS) is 16.1. The molecule has 0 radical (unpaired) electrons. The highest BCUT2D eigenvalue weighted by Crippen LogP contribution is 2.33. The third kappa shape index (κ3) is 3.05. The lowest BCUT2D eigenvalue weighted by Gasteiger charge is -2.33. The van der Waals surface area contributed by atoms with Gasteiger partial charge in [-0.3, -0.25) is 9.59 Å². The summed E-state index contributed by atoms with van der Waals surface area (Å²) in [5.41, 5.74) is 0.692. The number of nitrogens with one attached hydrogen (secondary N) is 1. The van der Waals surface area contributed by atoms with Crippen LogP contribution in [0.1, 0.15) is 6.92 Å². The molecule has 0 saturated carbocycles. The number of hydrogen-bond donors (Lipinski definition) is 1. The number of fused-ring (bicyclic) bond motifs is 1. The van der Waals surface area contributed by atoms with Gasteiger partial charge >= 0.3 is 0 Å². The Hall–Kier alpha value is -2.96. The highest BCUT2D eigenvalue weighted by atomic mass is 19.2. The number of anilines is 2. The summed E-state index contributed by atoms with van der Waals surface area (Å²) in [6.45, 7) is 1.42. The first-order valence-corrected chi connectivity index (χ1v) is 7.25. The second-order valence-corrected chi connectivity index (χ2v) is 5.32. The van der Waals surface area contributed by atoms with E-state index in [-0.39, 0.29) is 18.1 Å². The molecular formula is C17H14F2N2O3. The third-order valence-electron chi connectivity index (χ3n) is 3.63. The van der Waals surface area contributed by atoms with Crippen molar-refractivity contribution in [1.82, 2.24) is 0 Å². The van der Waals surface area contributed by atoms with E-state index in [1.54, 1.807) is 24.3 Å². The molecule has 1 aliphatic rings. The lowest BCUT2D eigenvalue weighted by molar-refractivity contribution is -0.123. The molecule has 0 saturated heterocycles. The first-order valence-electron chi connectivity index (χ1n) is 7.25. The standard InChI is InChI=1S/C17H14F2N2O3/c1-10(22)21-9-16(24-15-5-3-2-4-14(15)21)17(23)20-11-6-7-12(18)13(19)8-11/h2-8,16H,9H2,1H3,(H,20,23). The minimum atomic E-state index is -1.06. The Labute approximate surface area is 136 Å². The van der Waals surface area contributed by atoms with Gasteiger partial charge in [-0.2, -0.15) is 0 Å². The van der Waals surface area contributed by atoms with Gasteiger partial charge in [0.2, 0.25) is 5.91 Å². The zero-order chi connectivity index (χ0) is 17.3. The Kier molecular flexibility index (Phi) is 4.16. The van der Waals surface area contributed by atoms with Gasteiger partial charge in [-0.1, -0.05) is 12.1 Å². The molecule has 1 heterocycles. The number of rotatable bonds is 2. The molecule has 0 spiro atoms. The lowest BCUT2D eigenvalue weighted by Crippen LogP contribution is -2.48. The molecular weight excluding hydrogens is 318 g/mol. The van der Waals surface area contributed by atoms with Gasteiger partial charge in [0.1, 0.15) is 5.75 Å². The van der Waals surface area contributed by atoms with Crippen molar-refractivity contribution in [2.75, 3.05) is 16.8 Å². The van der Waals surface area contributed by atoms with E-state index in [0.717, 1.165) is 12.1 Å². The van der Waals surface area contributed by atoms with E-state index in [4.69, 9.17) is 4.74 Å². The van der Waals surface area contributed by atoms with Gasteiger partial charge in [-0.05, 0) is 24.3 Å². The van der Waals surface area contributed by atoms with Gasteiger partial charge < -0.3 is 15.0 Å². The number of carbonyl (C=O) groups is 2. The van der Waals surface area contributed by atoms with Gasteiger partial charge in [0.05, 0.1) is 12.2 Å². The summed E-state index contributed by atoms with van der Waals surface area (Å²) in [4.78, 5) is 25.6. The molecule has 1 atom stereocenters. The molecule has 1 unspecified atom stereocenters. The van der Waals surface area contributed by atoms with Crippen LogP contribution in [0.5, 0.6) is 5.75 Å². The van der Waals surface area contributed by atoms with Crippen LogP contribution in [0.3, 0.4) is 0 Å². The number of benzene rings is 2. The Morgan fingerprint density at radius 1 is 1.17 bits per heavy atom. The van der Waals surface area contributed by atoms with Crippen molar-refractivity contribution in [2.24, 2.45) is 0 Å². The van der Waals surface area contributed by atoms with E-state index >= 15 is 0 Å². The molecule has 0 aromatic heterocycles. The molecule has 124 valence electrons. The maximum Gasteiger partial charge on any atom is 0.267 e. The van der Waals surface area contributed by atoms with Gasteiger partial charge in [0, 0.05) is 18.7 Å². The van der Waals surface area contributed by atoms with Crippen molar-refractivity contribution in [2.45, 2.75) is 13.0 Å². The van der Waals surface area contributed by atoms with Crippen molar-refractivity contribution in [3.8, 4) is 5.75 Å². The van der Waals surface area contributed by atoms with Crippen molar-refractivity contribution >= 4 is 23.2 Å². The fraction of sp³-hybridized carbons (Fsp3) is 0.176. The molecule has 2 amide bonds.